The van der Waals surface area contributed by atoms with Crippen molar-refractivity contribution in [1.82, 2.24) is 15.0 Å². The van der Waals surface area contributed by atoms with E-state index in [4.69, 9.17) is 8.83 Å². The maximum atomic E-state index is 13.2. The predicted molar refractivity (Wildman–Crippen MR) is 135 cm³/mol. The summed E-state index contributed by atoms with van der Waals surface area (Å²) in [5.41, 5.74) is -0.115. The number of para-hydroxylation sites is 2. The first-order valence-corrected chi connectivity index (χ1v) is 11.4. The summed E-state index contributed by atoms with van der Waals surface area (Å²) in [7, 11) is 0. The van der Waals surface area contributed by atoms with Crippen LogP contribution in [0.4, 0.5) is 0 Å². The van der Waals surface area contributed by atoms with E-state index in [1.54, 1.807) is 48.5 Å². The molecule has 9 heteroatoms. The normalized spacial score (nSPS) is 11.5. The first-order chi connectivity index (χ1) is 17.9. The Hall–Kier alpha value is -5.18. The lowest BCUT2D eigenvalue weighted by Gasteiger charge is -2.17. The van der Waals surface area contributed by atoms with Crippen molar-refractivity contribution in [3.63, 3.8) is 0 Å². The second kappa shape index (κ2) is 8.49. The summed E-state index contributed by atoms with van der Waals surface area (Å²) in [5, 5.41) is 31.4. The van der Waals surface area contributed by atoms with E-state index in [0.29, 0.717) is 5.69 Å². The highest BCUT2D eigenvalue weighted by molar-refractivity contribution is 5.86. The summed E-state index contributed by atoms with van der Waals surface area (Å²) >= 11 is 0. The third-order valence-electron chi connectivity index (χ3n) is 6.32. The monoisotopic (exact) mass is 493 g/mol. The minimum absolute atomic E-state index is 0.122. The Morgan fingerprint density at radius 2 is 1.27 bits per heavy atom. The Morgan fingerprint density at radius 3 is 1.81 bits per heavy atom. The van der Waals surface area contributed by atoms with Gasteiger partial charge in [-0.1, -0.05) is 47.2 Å². The standard InChI is InChI=1S/C28H19N3O6/c1-15-10-12-16(13-11-15)31-14-19(29-30-31)22(23-25(32)17-6-2-4-8-20(17)36-27(23)34)24-26(33)18-7-3-5-9-21(18)37-28(24)35/h2-14,22,32-33H,1H3. The van der Waals surface area contributed by atoms with Gasteiger partial charge in [0, 0.05) is 0 Å². The Kier molecular flexibility index (Phi) is 5.11. The third-order valence-corrected chi connectivity index (χ3v) is 6.32. The Labute approximate surface area is 208 Å². The fraction of sp³-hybridized carbons (Fsp3) is 0.0714. The number of aromatic hydroxyl groups is 2. The molecule has 6 rings (SSSR count). The van der Waals surface area contributed by atoms with Gasteiger partial charge in [-0.2, -0.15) is 0 Å². The van der Waals surface area contributed by atoms with Crippen molar-refractivity contribution in [3.8, 4) is 17.2 Å². The summed E-state index contributed by atoms with van der Waals surface area (Å²) in [6.45, 7) is 1.95. The zero-order valence-electron chi connectivity index (χ0n) is 19.5. The third kappa shape index (κ3) is 3.64. The van der Waals surface area contributed by atoms with Crippen LogP contribution in [-0.2, 0) is 0 Å². The molecule has 0 atom stereocenters. The summed E-state index contributed by atoms with van der Waals surface area (Å²) in [6.07, 6.45) is 1.53. The molecule has 0 fully saturated rings. The highest BCUT2D eigenvalue weighted by Crippen LogP contribution is 2.41. The zero-order chi connectivity index (χ0) is 25.7. The second-order valence-electron chi connectivity index (χ2n) is 8.65. The lowest BCUT2D eigenvalue weighted by molar-refractivity contribution is 0.440. The summed E-state index contributed by atoms with van der Waals surface area (Å²) in [5.74, 6) is -2.14. The molecule has 2 N–H and O–H groups in total. The smallest absolute Gasteiger partial charge is 0.344 e. The molecule has 3 aromatic heterocycles. The van der Waals surface area contributed by atoms with E-state index >= 15 is 0 Å². The molecule has 0 bridgehead atoms. The average molecular weight is 493 g/mol. The zero-order valence-corrected chi connectivity index (χ0v) is 19.5. The number of hydrogen-bond donors (Lipinski definition) is 2. The fourth-order valence-corrected chi connectivity index (χ4v) is 4.48. The molecule has 0 aliphatic rings. The number of hydrogen-bond acceptors (Lipinski definition) is 8. The van der Waals surface area contributed by atoms with E-state index < -0.39 is 28.7 Å². The van der Waals surface area contributed by atoms with Crippen LogP contribution in [-0.4, -0.2) is 25.2 Å². The van der Waals surface area contributed by atoms with Crippen LogP contribution in [0.5, 0.6) is 11.5 Å². The second-order valence-corrected chi connectivity index (χ2v) is 8.65. The van der Waals surface area contributed by atoms with Crippen LogP contribution in [0.1, 0.15) is 28.3 Å². The van der Waals surface area contributed by atoms with Crippen LogP contribution in [0.25, 0.3) is 27.6 Å². The van der Waals surface area contributed by atoms with E-state index in [1.165, 1.54) is 10.9 Å². The van der Waals surface area contributed by atoms with Crippen molar-refractivity contribution in [3.05, 3.63) is 122 Å². The molecule has 0 radical (unpaired) electrons. The molecule has 0 aliphatic carbocycles. The summed E-state index contributed by atoms with van der Waals surface area (Å²) in [4.78, 5) is 26.5. The molecular weight excluding hydrogens is 474 g/mol. The molecule has 182 valence electrons. The molecule has 37 heavy (non-hydrogen) atoms. The first-order valence-electron chi connectivity index (χ1n) is 11.4. The lowest BCUT2D eigenvalue weighted by Crippen LogP contribution is -2.21. The Bertz CT molecular complexity index is 1820. The van der Waals surface area contributed by atoms with Crippen LogP contribution < -0.4 is 11.3 Å². The topological polar surface area (TPSA) is 132 Å². The number of aromatic nitrogens is 3. The van der Waals surface area contributed by atoms with Gasteiger partial charge in [0.1, 0.15) is 22.7 Å². The first kappa shape index (κ1) is 22.3. The van der Waals surface area contributed by atoms with Gasteiger partial charge in [-0.05, 0) is 43.3 Å². The molecule has 0 amide bonds. The van der Waals surface area contributed by atoms with Gasteiger partial charge in [-0.3, -0.25) is 0 Å². The van der Waals surface area contributed by atoms with Crippen LogP contribution >= 0.6 is 0 Å². The molecule has 3 heterocycles. The number of benzene rings is 3. The van der Waals surface area contributed by atoms with Crippen molar-refractivity contribution in [2.75, 3.05) is 0 Å². The summed E-state index contributed by atoms with van der Waals surface area (Å²) < 4.78 is 12.4. The molecule has 0 unspecified atom stereocenters. The van der Waals surface area contributed by atoms with E-state index in [9.17, 15) is 19.8 Å². The van der Waals surface area contributed by atoms with E-state index in [1.807, 2.05) is 31.2 Å². The number of fused-ring (bicyclic) bond motifs is 2. The van der Waals surface area contributed by atoms with Crippen LogP contribution in [0.15, 0.2) is 97.4 Å². The summed E-state index contributed by atoms with van der Waals surface area (Å²) in [6, 6.07) is 20.4. The number of nitrogens with zero attached hydrogens (tertiary/aromatic N) is 3. The Morgan fingerprint density at radius 1 is 0.757 bits per heavy atom. The highest BCUT2D eigenvalue weighted by atomic mass is 16.4. The van der Waals surface area contributed by atoms with Crippen molar-refractivity contribution in [2.24, 2.45) is 0 Å². The van der Waals surface area contributed by atoms with Gasteiger partial charge in [0.15, 0.2) is 0 Å². The minimum atomic E-state index is -1.35. The quantitative estimate of drug-likeness (QED) is 0.346. The van der Waals surface area contributed by atoms with Crippen molar-refractivity contribution >= 4 is 21.9 Å². The SMILES string of the molecule is Cc1ccc(-n2cc(C(c3c(O)c4ccccc4oc3=O)c3c(O)c4ccccc4oc3=O)nn2)cc1. The number of aryl methyl sites for hydroxylation is 1. The van der Waals surface area contributed by atoms with Gasteiger partial charge < -0.3 is 19.0 Å². The van der Waals surface area contributed by atoms with Crippen molar-refractivity contribution in [1.29, 1.82) is 0 Å². The molecule has 0 saturated heterocycles. The van der Waals surface area contributed by atoms with Crippen LogP contribution in [0, 0.1) is 6.92 Å². The Balaban J connectivity index is 1.66. The molecule has 0 spiro atoms. The van der Waals surface area contributed by atoms with Gasteiger partial charge in [-0.25, -0.2) is 14.3 Å². The average Bonchev–Trinajstić information content (AvgIpc) is 3.38. The predicted octanol–water partition coefficient (Wildman–Crippen LogP) is 4.38. The van der Waals surface area contributed by atoms with Crippen molar-refractivity contribution < 1.29 is 19.0 Å². The van der Waals surface area contributed by atoms with Crippen LogP contribution in [0.3, 0.4) is 0 Å². The number of rotatable bonds is 4. The van der Waals surface area contributed by atoms with Gasteiger partial charge >= 0.3 is 11.3 Å². The van der Waals surface area contributed by atoms with E-state index in [0.717, 1.165) is 5.56 Å². The fourth-order valence-electron chi connectivity index (χ4n) is 4.48. The van der Waals surface area contributed by atoms with E-state index in [2.05, 4.69) is 10.3 Å². The lowest BCUT2D eigenvalue weighted by atomic mass is 9.88. The molecule has 0 aliphatic heterocycles. The van der Waals surface area contributed by atoms with Gasteiger partial charge in [0.2, 0.25) is 0 Å². The minimum Gasteiger partial charge on any atom is -0.507 e. The maximum absolute atomic E-state index is 13.2. The largest absolute Gasteiger partial charge is 0.507 e. The molecule has 9 nitrogen and oxygen atoms in total. The van der Waals surface area contributed by atoms with Crippen molar-refractivity contribution in [2.45, 2.75) is 12.8 Å². The van der Waals surface area contributed by atoms with Gasteiger partial charge in [0.25, 0.3) is 0 Å². The van der Waals surface area contributed by atoms with Gasteiger partial charge in [0.05, 0.1) is 45.4 Å². The molecular formula is C28H19N3O6. The van der Waals surface area contributed by atoms with Gasteiger partial charge in [-0.15, -0.1) is 5.10 Å². The van der Waals surface area contributed by atoms with E-state index in [-0.39, 0.29) is 38.8 Å². The molecule has 0 saturated carbocycles. The molecule has 3 aromatic carbocycles. The van der Waals surface area contributed by atoms with Crippen LogP contribution in [0.2, 0.25) is 0 Å². The maximum Gasteiger partial charge on any atom is 0.344 e. The highest BCUT2D eigenvalue weighted by Gasteiger charge is 2.34. The molecule has 6 aromatic rings.